The molecule has 1 aromatic heterocycles. The number of nitrogens with zero attached hydrogens (tertiary/aromatic N) is 2. The van der Waals surface area contributed by atoms with E-state index in [2.05, 4.69) is 0 Å². The predicted octanol–water partition coefficient (Wildman–Crippen LogP) is 0.838. The highest BCUT2D eigenvalue weighted by molar-refractivity contribution is 7.07. The summed E-state index contributed by atoms with van der Waals surface area (Å²) in [6.07, 6.45) is 2.02. The van der Waals surface area contributed by atoms with Gasteiger partial charge in [0.1, 0.15) is 0 Å². The minimum absolute atomic E-state index is 0.0223. The van der Waals surface area contributed by atoms with Gasteiger partial charge < -0.3 is 14.6 Å². The van der Waals surface area contributed by atoms with Gasteiger partial charge in [-0.05, 0) is 25.7 Å². The molecule has 0 radical (unpaired) electrons. The first-order chi connectivity index (χ1) is 8.99. The highest BCUT2D eigenvalue weighted by atomic mass is 32.1. The van der Waals surface area contributed by atoms with Gasteiger partial charge in [0.2, 0.25) is 5.91 Å². The number of likely N-dealkylation sites (N-methyl/N-ethyl adjacent to an activating group) is 1. The Morgan fingerprint density at radius 2 is 2.32 bits per heavy atom. The van der Waals surface area contributed by atoms with Gasteiger partial charge in [-0.3, -0.25) is 9.59 Å². The number of carbonyl (C=O) groups excluding carboxylic acids is 1. The fourth-order valence-electron chi connectivity index (χ4n) is 2.09. The summed E-state index contributed by atoms with van der Waals surface area (Å²) in [6.45, 7) is 2.67. The van der Waals surface area contributed by atoms with Crippen LogP contribution in [0.1, 0.15) is 25.0 Å². The summed E-state index contributed by atoms with van der Waals surface area (Å²) >= 11 is 1.16. The molecule has 0 aromatic carbocycles. The van der Waals surface area contributed by atoms with Crippen molar-refractivity contribution in [2.75, 3.05) is 13.6 Å². The zero-order valence-electron chi connectivity index (χ0n) is 11.3. The molecule has 6 heteroatoms. The summed E-state index contributed by atoms with van der Waals surface area (Å²) in [5.41, 5.74) is 0.892. The number of hydrogen-bond donors (Lipinski definition) is 1. The van der Waals surface area contributed by atoms with Crippen LogP contribution in [0.25, 0.3) is 0 Å². The molecule has 0 saturated heterocycles. The summed E-state index contributed by atoms with van der Waals surface area (Å²) < 4.78 is 1.62. The molecule has 106 valence electrons. The maximum absolute atomic E-state index is 11.9. The maximum Gasteiger partial charge on any atom is 0.307 e. The fourth-order valence-corrected chi connectivity index (χ4v) is 2.85. The van der Waals surface area contributed by atoms with E-state index in [1.54, 1.807) is 21.9 Å². The molecule has 1 aliphatic carbocycles. The summed E-state index contributed by atoms with van der Waals surface area (Å²) in [6, 6.07) is 0. The first kappa shape index (κ1) is 14.3. The molecule has 1 fully saturated rings. The van der Waals surface area contributed by atoms with E-state index in [4.69, 9.17) is 0 Å². The molecule has 1 aliphatic rings. The summed E-state index contributed by atoms with van der Waals surface area (Å²) in [7, 11) is 1.71. The van der Waals surface area contributed by atoms with Crippen molar-refractivity contribution in [2.24, 2.45) is 5.92 Å². The Morgan fingerprint density at radius 3 is 2.84 bits per heavy atom. The first-order valence-corrected chi connectivity index (χ1v) is 7.44. The van der Waals surface area contributed by atoms with Crippen LogP contribution in [0.2, 0.25) is 0 Å². The van der Waals surface area contributed by atoms with Crippen LogP contribution in [-0.4, -0.2) is 40.2 Å². The molecule has 19 heavy (non-hydrogen) atoms. The lowest BCUT2D eigenvalue weighted by Crippen LogP contribution is -2.36. The highest BCUT2D eigenvalue weighted by Crippen LogP contribution is 2.32. The Hall–Kier alpha value is -1.14. The van der Waals surface area contributed by atoms with E-state index in [-0.39, 0.29) is 10.8 Å². The number of carbonyl (C=O) groups is 1. The van der Waals surface area contributed by atoms with Gasteiger partial charge in [-0.2, -0.15) is 0 Å². The molecular formula is C13H20N2O3S. The van der Waals surface area contributed by atoms with E-state index in [9.17, 15) is 14.7 Å². The number of amides is 1. The second kappa shape index (κ2) is 5.88. The van der Waals surface area contributed by atoms with Crippen molar-refractivity contribution in [1.29, 1.82) is 0 Å². The van der Waals surface area contributed by atoms with Gasteiger partial charge in [0, 0.05) is 37.6 Å². The Bertz CT molecular complexity index is 504. The number of aryl methyl sites for hydroxylation is 1. The van der Waals surface area contributed by atoms with Crippen molar-refractivity contribution in [3.63, 3.8) is 0 Å². The molecule has 0 spiro atoms. The molecule has 0 aliphatic heterocycles. The molecule has 5 nitrogen and oxygen atoms in total. The van der Waals surface area contributed by atoms with E-state index in [1.165, 1.54) is 0 Å². The average Bonchev–Trinajstić information content (AvgIpc) is 3.15. The Balaban J connectivity index is 1.81. The number of aliphatic hydroxyl groups excluding tert-OH is 1. The lowest BCUT2D eigenvalue weighted by molar-refractivity contribution is -0.131. The van der Waals surface area contributed by atoms with E-state index < -0.39 is 6.10 Å². The first-order valence-electron chi connectivity index (χ1n) is 6.56. The SMILES string of the molecule is Cc1csc(=O)n1CCC(=O)N(C)CC(O)C1CC1. The Morgan fingerprint density at radius 1 is 1.63 bits per heavy atom. The van der Waals surface area contributed by atoms with Crippen molar-refractivity contribution in [2.45, 2.75) is 38.8 Å². The zero-order valence-corrected chi connectivity index (χ0v) is 12.2. The molecular weight excluding hydrogens is 264 g/mol. The van der Waals surface area contributed by atoms with E-state index in [1.807, 2.05) is 6.92 Å². The monoisotopic (exact) mass is 284 g/mol. The van der Waals surface area contributed by atoms with Gasteiger partial charge in [0.05, 0.1) is 6.10 Å². The summed E-state index contributed by atoms with van der Waals surface area (Å²) in [5, 5.41) is 11.6. The van der Waals surface area contributed by atoms with Gasteiger partial charge >= 0.3 is 4.87 Å². The lowest BCUT2D eigenvalue weighted by atomic mass is 10.2. The van der Waals surface area contributed by atoms with E-state index in [0.29, 0.717) is 25.4 Å². The fraction of sp³-hybridized carbons (Fsp3) is 0.692. The maximum atomic E-state index is 11.9. The van der Waals surface area contributed by atoms with Crippen molar-refractivity contribution in [1.82, 2.24) is 9.47 Å². The smallest absolute Gasteiger partial charge is 0.307 e. The molecule has 1 aromatic rings. The number of rotatable bonds is 6. The molecule has 2 rings (SSSR count). The normalized spacial score (nSPS) is 16.4. The van der Waals surface area contributed by atoms with Crippen LogP contribution in [0.3, 0.4) is 0 Å². The van der Waals surface area contributed by atoms with Crippen molar-refractivity contribution in [3.05, 3.63) is 20.7 Å². The van der Waals surface area contributed by atoms with Gasteiger partial charge in [-0.15, -0.1) is 0 Å². The third-order valence-electron chi connectivity index (χ3n) is 3.58. The lowest BCUT2D eigenvalue weighted by Gasteiger charge is -2.20. The van der Waals surface area contributed by atoms with Crippen molar-refractivity contribution >= 4 is 17.2 Å². The second-order valence-electron chi connectivity index (χ2n) is 5.22. The molecule has 1 unspecified atom stereocenters. The van der Waals surface area contributed by atoms with Crippen LogP contribution < -0.4 is 4.87 Å². The van der Waals surface area contributed by atoms with Gasteiger partial charge in [0.15, 0.2) is 0 Å². The van der Waals surface area contributed by atoms with E-state index in [0.717, 1.165) is 29.9 Å². The van der Waals surface area contributed by atoms with E-state index >= 15 is 0 Å². The molecule has 1 atom stereocenters. The Kier molecular flexibility index (Phi) is 4.42. The van der Waals surface area contributed by atoms with Crippen LogP contribution >= 0.6 is 11.3 Å². The van der Waals surface area contributed by atoms with Crippen LogP contribution in [0.4, 0.5) is 0 Å². The zero-order chi connectivity index (χ0) is 14.0. The average molecular weight is 284 g/mol. The standard InChI is InChI=1S/C13H20N2O3S/c1-9-8-19-13(18)15(9)6-5-12(17)14(2)7-11(16)10-3-4-10/h8,10-11,16H,3-7H2,1-2H3. The van der Waals surface area contributed by atoms with Crippen LogP contribution in [0.15, 0.2) is 10.2 Å². The topological polar surface area (TPSA) is 62.5 Å². The predicted molar refractivity (Wildman–Crippen MR) is 74.3 cm³/mol. The molecule has 1 N–H and O–H groups in total. The number of aliphatic hydroxyl groups is 1. The largest absolute Gasteiger partial charge is 0.391 e. The number of aromatic nitrogens is 1. The molecule has 0 bridgehead atoms. The molecule has 1 saturated carbocycles. The summed E-state index contributed by atoms with van der Waals surface area (Å²) in [4.78, 5) is 25.0. The third-order valence-corrected chi connectivity index (χ3v) is 4.46. The van der Waals surface area contributed by atoms with Gasteiger partial charge in [-0.1, -0.05) is 11.3 Å². The molecule has 1 amide bonds. The number of hydrogen-bond acceptors (Lipinski definition) is 4. The van der Waals surface area contributed by atoms with Crippen LogP contribution in [-0.2, 0) is 11.3 Å². The quantitative estimate of drug-likeness (QED) is 0.842. The van der Waals surface area contributed by atoms with Crippen LogP contribution in [0.5, 0.6) is 0 Å². The van der Waals surface area contributed by atoms with Gasteiger partial charge in [-0.25, -0.2) is 0 Å². The molecule has 1 heterocycles. The minimum atomic E-state index is -0.403. The van der Waals surface area contributed by atoms with Crippen molar-refractivity contribution < 1.29 is 9.90 Å². The Labute approximate surface area is 116 Å². The second-order valence-corrected chi connectivity index (χ2v) is 6.04. The minimum Gasteiger partial charge on any atom is -0.391 e. The third kappa shape index (κ3) is 3.67. The summed E-state index contributed by atoms with van der Waals surface area (Å²) in [5.74, 6) is 0.342. The van der Waals surface area contributed by atoms with Gasteiger partial charge in [0.25, 0.3) is 0 Å². The number of thiazole rings is 1. The highest BCUT2D eigenvalue weighted by Gasteiger charge is 2.31. The van der Waals surface area contributed by atoms with Crippen LogP contribution in [0, 0.1) is 12.8 Å². The van der Waals surface area contributed by atoms with Crippen molar-refractivity contribution in [3.8, 4) is 0 Å².